The third kappa shape index (κ3) is 4.11. The summed E-state index contributed by atoms with van der Waals surface area (Å²) in [5.41, 5.74) is 0.947. The van der Waals surface area contributed by atoms with Gasteiger partial charge >= 0.3 is 0 Å². The number of methoxy groups -OCH3 is 1. The van der Waals surface area contributed by atoms with Gasteiger partial charge in [-0.05, 0) is 36.4 Å². The van der Waals surface area contributed by atoms with Gasteiger partial charge in [0.2, 0.25) is 5.91 Å². The van der Waals surface area contributed by atoms with E-state index in [-0.39, 0.29) is 10.6 Å². The molecule has 0 aliphatic heterocycles. The fourth-order valence-electron chi connectivity index (χ4n) is 1.91. The van der Waals surface area contributed by atoms with Crippen LogP contribution in [0.1, 0.15) is 12.5 Å². The lowest BCUT2D eigenvalue weighted by molar-refractivity contribution is -0.117. The van der Waals surface area contributed by atoms with Crippen LogP contribution in [0, 0.1) is 0 Å². The van der Waals surface area contributed by atoms with E-state index < -0.39 is 15.9 Å². The zero-order valence-corrected chi connectivity index (χ0v) is 13.9. The van der Waals surface area contributed by atoms with Crippen LogP contribution in [-0.2, 0) is 14.8 Å². The molecule has 0 aliphatic carbocycles. The topological polar surface area (TPSA) is 105 Å². The number of ether oxygens (including phenoxy) is 1. The molecule has 8 heteroatoms. The van der Waals surface area contributed by atoms with Crippen molar-refractivity contribution in [3.8, 4) is 11.5 Å². The molecule has 126 valence electrons. The van der Waals surface area contributed by atoms with Gasteiger partial charge in [0.05, 0.1) is 17.7 Å². The number of nitrogens with zero attached hydrogens (tertiary/aromatic N) is 1. The van der Waals surface area contributed by atoms with Crippen molar-refractivity contribution < 1.29 is 23.1 Å². The van der Waals surface area contributed by atoms with Gasteiger partial charge < -0.3 is 9.84 Å². The molecule has 7 nitrogen and oxygen atoms in total. The average Bonchev–Trinajstić information content (AvgIpc) is 2.53. The highest BCUT2D eigenvalue weighted by Gasteiger charge is 2.14. The molecule has 2 rings (SSSR count). The second-order valence-corrected chi connectivity index (χ2v) is 6.49. The fourth-order valence-corrected chi connectivity index (χ4v) is 2.90. The summed E-state index contributed by atoms with van der Waals surface area (Å²) in [5.74, 6) is -0.366. The Morgan fingerprint density at radius 3 is 2.46 bits per heavy atom. The monoisotopic (exact) mass is 348 g/mol. The van der Waals surface area contributed by atoms with Gasteiger partial charge in [-0.15, -0.1) is 0 Å². The smallest absolute Gasteiger partial charge is 0.264 e. The van der Waals surface area contributed by atoms with Crippen molar-refractivity contribution in [2.75, 3.05) is 7.11 Å². The molecule has 1 amide bonds. The fraction of sp³-hybridized carbons (Fsp3) is 0.125. The number of para-hydroxylation sites is 1. The number of hydrogen-bond donors (Lipinski definition) is 2. The highest BCUT2D eigenvalue weighted by molar-refractivity contribution is 7.90. The van der Waals surface area contributed by atoms with Crippen molar-refractivity contribution in [3.05, 3.63) is 48.0 Å². The zero-order chi connectivity index (χ0) is 17.7. The van der Waals surface area contributed by atoms with Gasteiger partial charge in [-0.1, -0.05) is 6.07 Å². The van der Waals surface area contributed by atoms with Gasteiger partial charge in [0.15, 0.2) is 11.5 Å². The maximum absolute atomic E-state index is 11.8. The Kier molecular flexibility index (Phi) is 5.20. The van der Waals surface area contributed by atoms with E-state index in [1.54, 1.807) is 18.2 Å². The number of amides is 1. The molecule has 0 saturated carbocycles. The number of hydrogen-bond acceptors (Lipinski definition) is 6. The largest absolute Gasteiger partial charge is 0.504 e. The number of aliphatic imine (C=N–C) groups is 1. The Balaban J connectivity index is 2.22. The molecular formula is C16H16N2O5S. The minimum absolute atomic E-state index is 0.0337. The Morgan fingerprint density at radius 2 is 1.88 bits per heavy atom. The van der Waals surface area contributed by atoms with Crippen LogP contribution in [0.2, 0.25) is 0 Å². The van der Waals surface area contributed by atoms with Gasteiger partial charge in [-0.3, -0.25) is 9.79 Å². The Labute approximate surface area is 139 Å². The van der Waals surface area contributed by atoms with Crippen molar-refractivity contribution in [1.29, 1.82) is 0 Å². The first-order valence-electron chi connectivity index (χ1n) is 6.87. The number of nitrogens with one attached hydrogen (secondary N) is 1. The Morgan fingerprint density at radius 1 is 1.21 bits per heavy atom. The third-order valence-electron chi connectivity index (χ3n) is 3.03. The normalized spacial score (nSPS) is 11.4. The van der Waals surface area contributed by atoms with Gasteiger partial charge in [-0.2, -0.15) is 0 Å². The summed E-state index contributed by atoms with van der Waals surface area (Å²) in [6.07, 6.45) is 1.44. The van der Waals surface area contributed by atoms with Gasteiger partial charge in [0, 0.05) is 18.7 Å². The lowest BCUT2D eigenvalue weighted by atomic mass is 10.2. The molecule has 0 unspecified atom stereocenters. The van der Waals surface area contributed by atoms with Crippen LogP contribution in [0.25, 0.3) is 0 Å². The first-order chi connectivity index (χ1) is 11.3. The second kappa shape index (κ2) is 7.14. The molecule has 0 fully saturated rings. The molecule has 0 heterocycles. The number of benzene rings is 2. The van der Waals surface area contributed by atoms with E-state index >= 15 is 0 Å². The number of sulfonamides is 1. The zero-order valence-electron chi connectivity index (χ0n) is 13.1. The standard InChI is InChI=1S/C16H16N2O5S/c1-11(19)18-24(21,22)14-8-6-13(7-9-14)17-10-12-4-3-5-15(23-2)16(12)20/h3-10,20H,1-2H3,(H,18,19). The van der Waals surface area contributed by atoms with Crippen LogP contribution >= 0.6 is 0 Å². The number of rotatable bonds is 5. The van der Waals surface area contributed by atoms with E-state index in [2.05, 4.69) is 4.99 Å². The molecule has 2 N–H and O–H groups in total. The van der Waals surface area contributed by atoms with Crippen molar-refractivity contribution in [3.63, 3.8) is 0 Å². The van der Waals surface area contributed by atoms with E-state index in [1.807, 2.05) is 4.72 Å². The van der Waals surface area contributed by atoms with Crippen LogP contribution in [-0.4, -0.2) is 32.8 Å². The molecule has 0 atom stereocenters. The van der Waals surface area contributed by atoms with Gasteiger partial charge in [0.1, 0.15) is 0 Å². The predicted octanol–water partition coefficient (Wildman–Crippen LogP) is 1.98. The minimum atomic E-state index is -3.87. The first kappa shape index (κ1) is 17.5. The van der Waals surface area contributed by atoms with E-state index in [1.165, 1.54) is 37.6 Å². The summed E-state index contributed by atoms with van der Waals surface area (Å²) >= 11 is 0. The van der Waals surface area contributed by atoms with Crippen molar-refractivity contribution in [2.45, 2.75) is 11.8 Å². The number of aromatic hydroxyl groups is 1. The minimum Gasteiger partial charge on any atom is -0.504 e. The quantitative estimate of drug-likeness (QED) is 0.804. The maximum atomic E-state index is 11.8. The summed E-state index contributed by atoms with van der Waals surface area (Å²) in [6, 6.07) is 10.6. The molecule has 0 radical (unpaired) electrons. The predicted molar refractivity (Wildman–Crippen MR) is 89.4 cm³/mol. The summed E-state index contributed by atoms with van der Waals surface area (Å²) < 4.78 is 30.6. The first-order valence-corrected chi connectivity index (χ1v) is 8.35. The number of phenols is 1. The number of carbonyl (C=O) groups excluding carboxylic acids is 1. The average molecular weight is 348 g/mol. The number of carbonyl (C=O) groups is 1. The van der Waals surface area contributed by atoms with E-state index in [4.69, 9.17) is 4.74 Å². The summed E-state index contributed by atoms with van der Waals surface area (Å²) in [4.78, 5) is 15.0. The van der Waals surface area contributed by atoms with E-state index in [0.29, 0.717) is 17.0 Å². The molecular weight excluding hydrogens is 332 g/mol. The third-order valence-corrected chi connectivity index (χ3v) is 4.48. The molecule has 0 spiro atoms. The highest BCUT2D eigenvalue weighted by Crippen LogP contribution is 2.28. The maximum Gasteiger partial charge on any atom is 0.264 e. The molecule has 0 saturated heterocycles. The Hall–Kier alpha value is -2.87. The molecule has 0 aromatic heterocycles. The van der Waals surface area contributed by atoms with Crippen LogP contribution in [0.15, 0.2) is 52.4 Å². The molecule has 24 heavy (non-hydrogen) atoms. The lowest BCUT2D eigenvalue weighted by Crippen LogP contribution is -2.28. The lowest BCUT2D eigenvalue weighted by Gasteiger charge is -2.05. The SMILES string of the molecule is COc1cccc(C=Nc2ccc(S(=O)(=O)NC(C)=O)cc2)c1O. The summed E-state index contributed by atoms with van der Waals surface area (Å²) in [7, 11) is -2.42. The number of phenolic OH excluding ortho intramolecular Hbond substituents is 1. The van der Waals surface area contributed by atoms with Crippen LogP contribution in [0.3, 0.4) is 0 Å². The van der Waals surface area contributed by atoms with Crippen LogP contribution < -0.4 is 9.46 Å². The molecule has 2 aromatic carbocycles. The summed E-state index contributed by atoms with van der Waals surface area (Å²) in [5, 5.41) is 9.97. The van der Waals surface area contributed by atoms with Gasteiger partial charge in [-0.25, -0.2) is 13.1 Å². The van der Waals surface area contributed by atoms with Gasteiger partial charge in [0.25, 0.3) is 10.0 Å². The molecule has 0 bridgehead atoms. The van der Waals surface area contributed by atoms with Crippen molar-refractivity contribution in [2.24, 2.45) is 4.99 Å². The van der Waals surface area contributed by atoms with E-state index in [0.717, 1.165) is 6.92 Å². The van der Waals surface area contributed by atoms with Crippen LogP contribution in [0.4, 0.5) is 5.69 Å². The molecule has 0 aliphatic rings. The van der Waals surface area contributed by atoms with Crippen LogP contribution in [0.5, 0.6) is 11.5 Å². The molecule has 2 aromatic rings. The van der Waals surface area contributed by atoms with Crippen molar-refractivity contribution >= 4 is 27.8 Å². The highest BCUT2D eigenvalue weighted by atomic mass is 32.2. The van der Waals surface area contributed by atoms with Crippen molar-refractivity contribution in [1.82, 2.24) is 4.72 Å². The Bertz CT molecular complexity index is 874. The van der Waals surface area contributed by atoms with E-state index in [9.17, 15) is 18.3 Å². The summed E-state index contributed by atoms with van der Waals surface area (Å²) in [6.45, 7) is 1.12. The second-order valence-electron chi connectivity index (χ2n) is 4.81.